The average Bonchev–Trinajstić information content (AvgIpc) is 3.02. The molecule has 1 aromatic carbocycles. The van der Waals surface area contributed by atoms with Crippen molar-refractivity contribution >= 4 is 5.91 Å². The number of amides is 1. The van der Waals surface area contributed by atoms with Crippen LogP contribution < -0.4 is 5.32 Å². The number of aryl methyl sites for hydroxylation is 1. The van der Waals surface area contributed by atoms with Crippen molar-refractivity contribution in [2.75, 3.05) is 26.2 Å². The Balaban J connectivity index is 1.58. The normalized spacial score (nSPS) is 15.5. The molecule has 0 saturated carbocycles. The third kappa shape index (κ3) is 3.92. The van der Waals surface area contributed by atoms with Crippen molar-refractivity contribution in [2.45, 2.75) is 19.3 Å². The van der Waals surface area contributed by atoms with Crippen LogP contribution in [0.1, 0.15) is 29.6 Å². The summed E-state index contributed by atoms with van der Waals surface area (Å²) in [5.41, 5.74) is 1.46. The number of benzene rings is 1. The number of carbonyl (C=O) groups is 1. The average molecular weight is 314 g/mol. The van der Waals surface area contributed by atoms with Gasteiger partial charge in [-0.1, -0.05) is 18.6 Å². The Morgan fingerprint density at radius 3 is 2.83 bits per heavy atom. The summed E-state index contributed by atoms with van der Waals surface area (Å²) >= 11 is 0. The Kier molecular flexibility index (Phi) is 4.97. The molecule has 2 heterocycles. The van der Waals surface area contributed by atoms with Gasteiger partial charge in [0.1, 0.15) is 0 Å². The highest BCUT2D eigenvalue weighted by Gasteiger charge is 2.12. The molecule has 7 nitrogen and oxygen atoms in total. The molecule has 23 heavy (non-hydrogen) atoms. The Labute approximate surface area is 135 Å². The second kappa shape index (κ2) is 7.32. The first-order valence-electron chi connectivity index (χ1n) is 8.07. The first kappa shape index (κ1) is 15.6. The van der Waals surface area contributed by atoms with E-state index in [1.807, 2.05) is 24.3 Å². The van der Waals surface area contributed by atoms with Crippen LogP contribution in [0.3, 0.4) is 0 Å². The van der Waals surface area contributed by atoms with Crippen molar-refractivity contribution < 1.29 is 4.79 Å². The molecule has 1 aliphatic heterocycles. The molecule has 7 heteroatoms. The van der Waals surface area contributed by atoms with Crippen LogP contribution in [0, 0.1) is 0 Å². The van der Waals surface area contributed by atoms with E-state index >= 15 is 0 Å². The summed E-state index contributed by atoms with van der Waals surface area (Å²) in [5.74, 6) is 0.590. The molecule has 122 valence electrons. The topological polar surface area (TPSA) is 75.9 Å². The molecule has 0 unspecified atom stereocenters. The molecule has 0 spiro atoms. The largest absolute Gasteiger partial charge is 0.351 e. The van der Waals surface area contributed by atoms with E-state index in [1.165, 1.54) is 19.3 Å². The number of carbonyl (C=O) groups excluding carboxylic acids is 1. The van der Waals surface area contributed by atoms with Crippen LogP contribution in [0.2, 0.25) is 0 Å². The van der Waals surface area contributed by atoms with Gasteiger partial charge in [-0.05, 0) is 48.5 Å². The van der Waals surface area contributed by atoms with Crippen LogP contribution in [-0.4, -0.2) is 57.2 Å². The predicted molar refractivity (Wildman–Crippen MR) is 86.9 cm³/mol. The van der Waals surface area contributed by atoms with Crippen LogP contribution in [0.15, 0.2) is 24.3 Å². The van der Waals surface area contributed by atoms with Crippen LogP contribution >= 0.6 is 0 Å². The zero-order valence-electron chi connectivity index (χ0n) is 13.4. The van der Waals surface area contributed by atoms with E-state index in [0.717, 1.165) is 25.2 Å². The Morgan fingerprint density at radius 1 is 1.26 bits per heavy atom. The lowest BCUT2D eigenvalue weighted by molar-refractivity contribution is 0.0946. The number of hydrogen-bond acceptors (Lipinski definition) is 5. The summed E-state index contributed by atoms with van der Waals surface area (Å²) in [4.78, 5) is 14.7. The van der Waals surface area contributed by atoms with Gasteiger partial charge in [-0.25, -0.2) is 4.68 Å². The molecule has 0 radical (unpaired) electrons. The summed E-state index contributed by atoms with van der Waals surface area (Å²) in [6.45, 7) is 3.88. The fraction of sp³-hybridized carbons (Fsp3) is 0.500. The molecule has 1 fully saturated rings. The van der Waals surface area contributed by atoms with E-state index < -0.39 is 0 Å². The standard InChI is InChI=1S/C16H22N6O/c1-21-15(18-19-20-21)13-6-5-7-14(12-13)16(23)17-8-11-22-9-3-2-4-10-22/h5-7,12H,2-4,8-11H2,1H3,(H,17,23). The van der Waals surface area contributed by atoms with Gasteiger partial charge in [0.25, 0.3) is 5.91 Å². The number of nitrogens with zero attached hydrogens (tertiary/aromatic N) is 5. The summed E-state index contributed by atoms with van der Waals surface area (Å²) in [6.07, 6.45) is 3.86. The predicted octanol–water partition coefficient (Wildman–Crippen LogP) is 1.09. The highest BCUT2D eigenvalue weighted by Crippen LogP contribution is 2.16. The molecular weight excluding hydrogens is 292 g/mol. The molecule has 1 aliphatic rings. The van der Waals surface area contributed by atoms with Gasteiger partial charge in [-0.15, -0.1) is 5.10 Å². The first-order chi connectivity index (χ1) is 11.2. The van der Waals surface area contributed by atoms with E-state index in [9.17, 15) is 4.79 Å². The maximum Gasteiger partial charge on any atom is 0.251 e. The van der Waals surface area contributed by atoms with Gasteiger partial charge in [0.15, 0.2) is 5.82 Å². The maximum atomic E-state index is 12.3. The number of likely N-dealkylation sites (tertiary alicyclic amines) is 1. The Morgan fingerprint density at radius 2 is 2.09 bits per heavy atom. The SMILES string of the molecule is Cn1nnnc1-c1cccc(C(=O)NCCN2CCCCC2)c1. The van der Waals surface area contributed by atoms with Crippen LogP contribution in [0.5, 0.6) is 0 Å². The van der Waals surface area contributed by atoms with Crippen LogP contribution in [-0.2, 0) is 7.05 Å². The number of nitrogens with one attached hydrogen (secondary N) is 1. The highest BCUT2D eigenvalue weighted by molar-refractivity contribution is 5.95. The molecule has 0 aliphatic carbocycles. The molecular formula is C16H22N6O. The van der Waals surface area contributed by atoms with Gasteiger partial charge in [0.05, 0.1) is 0 Å². The van der Waals surface area contributed by atoms with Crippen LogP contribution in [0.25, 0.3) is 11.4 Å². The lowest BCUT2D eigenvalue weighted by Crippen LogP contribution is -2.37. The van der Waals surface area contributed by atoms with Crippen LogP contribution in [0.4, 0.5) is 0 Å². The quantitative estimate of drug-likeness (QED) is 0.894. The minimum Gasteiger partial charge on any atom is -0.351 e. The summed E-state index contributed by atoms with van der Waals surface area (Å²) in [7, 11) is 1.78. The number of hydrogen-bond donors (Lipinski definition) is 1. The van der Waals surface area contributed by atoms with Gasteiger partial charge < -0.3 is 10.2 Å². The molecule has 3 rings (SSSR count). The first-order valence-corrected chi connectivity index (χ1v) is 8.07. The number of tetrazole rings is 1. The monoisotopic (exact) mass is 314 g/mol. The van der Waals surface area contributed by atoms with E-state index in [0.29, 0.717) is 17.9 Å². The Bertz CT molecular complexity index is 662. The van der Waals surface area contributed by atoms with Crippen molar-refractivity contribution in [1.82, 2.24) is 30.4 Å². The second-order valence-corrected chi connectivity index (χ2v) is 5.87. The zero-order chi connectivity index (χ0) is 16.1. The molecule has 0 bridgehead atoms. The Hall–Kier alpha value is -2.28. The fourth-order valence-corrected chi connectivity index (χ4v) is 2.89. The van der Waals surface area contributed by atoms with E-state index in [4.69, 9.17) is 0 Å². The molecule has 1 saturated heterocycles. The van der Waals surface area contributed by atoms with E-state index in [-0.39, 0.29) is 5.91 Å². The summed E-state index contributed by atoms with van der Waals surface area (Å²) in [5, 5.41) is 14.4. The van der Waals surface area contributed by atoms with Crippen molar-refractivity contribution in [1.29, 1.82) is 0 Å². The van der Waals surface area contributed by atoms with Gasteiger partial charge in [0, 0.05) is 31.3 Å². The maximum absolute atomic E-state index is 12.3. The van der Waals surface area contributed by atoms with Gasteiger partial charge in [-0.3, -0.25) is 4.79 Å². The van der Waals surface area contributed by atoms with Crippen molar-refractivity contribution in [3.63, 3.8) is 0 Å². The van der Waals surface area contributed by atoms with Crippen molar-refractivity contribution in [2.24, 2.45) is 7.05 Å². The van der Waals surface area contributed by atoms with Gasteiger partial charge >= 0.3 is 0 Å². The lowest BCUT2D eigenvalue weighted by atomic mass is 10.1. The number of rotatable bonds is 5. The third-order valence-corrected chi connectivity index (χ3v) is 4.17. The number of aromatic nitrogens is 4. The molecule has 2 aromatic rings. The van der Waals surface area contributed by atoms with Gasteiger partial charge in [-0.2, -0.15) is 0 Å². The smallest absolute Gasteiger partial charge is 0.251 e. The van der Waals surface area contributed by atoms with Crippen molar-refractivity contribution in [3.8, 4) is 11.4 Å². The molecule has 1 amide bonds. The summed E-state index contributed by atoms with van der Waals surface area (Å²) < 4.78 is 1.59. The second-order valence-electron chi connectivity index (χ2n) is 5.87. The fourth-order valence-electron chi connectivity index (χ4n) is 2.89. The number of piperidine rings is 1. The minimum atomic E-state index is -0.0565. The summed E-state index contributed by atoms with van der Waals surface area (Å²) in [6, 6.07) is 7.38. The van der Waals surface area contributed by atoms with Gasteiger partial charge in [0.2, 0.25) is 0 Å². The van der Waals surface area contributed by atoms with E-state index in [2.05, 4.69) is 25.7 Å². The highest BCUT2D eigenvalue weighted by atomic mass is 16.1. The minimum absolute atomic E-state index is 0.0565. The molecule has 0 atom stereocenters. The third-order valence-electron chi connectivity index (χ3n) is 4.17. The molecule has 1 aromatic heterocycles. The van der Waals surface area contributed by atoms with E-state index in [1.54, 1.807) is 11.7 Å². The zero-order valence-corrected chi connectivity index (χ0v) is 13.4. The van der Waals surface area contributed by atoms with Crippen molar-refractivity contribution in [3.05, 3.63) is 29.8 Å². The molecule has 1 N–H and O–H groups in total. The lowest BCUT2D eigenvalue weighted by Gasteiger charge is -2.26.